The first kappa shape index (κ1) is 9.25. The molecular weight excluding hydrogens is 200 g/mol. The van der Waals surface area contributed by atoms with E-state index in [0.717, 1.165) is 6.26 Å². The summed E-state index contributed by atoms with van der Waals surface area (Å²) in [6.07, 6.45) is 2.80. The summed E-state index contributed by atoms with van der Waals surface area (Å²) in [6.45, 7) is 0. The van der Waals surface area contributed by atoms with Gasteiger partial charge in [-0.15, -0.1) is 0 Å². The summed E-state index contributed by atoms with van der Waals surface area (Å²) in [5.41, 5.74) is -0.145. The maximum Gasteiger partial charge on any atom is 0.357 e. The Morgan fingerprint density at radius 3 is 3.00 bits per heavy atom. The molecule has 0 amide bonds. The number of anilines is 2. The molecule has 2 rings (SSSR count). The zero-order valence-electron chi connectivity index (χ0n) is 7.84. The van der Waals surface area contributed by atoms with E-state index >= 15 is 0 Å². The van der Waals surface area contributed by atoms with Crippen LogP contribution in [0.2, 0.25) is 0 Å². The van der Waals surface area contributed by atoms with Crippen molar-refractivity contribution in [1.29, 1.82) is 0 Å². The summed E-state index contributed by atoms with van der Waals surface area (Å²) >= 11 is 0. The summed E-state index contributed by atoms with van der Waals surface area (Å²) in [5.74, 6) is -0.593. The van der Waals surface area contributed by atoms with Gasteiger partial charge in [-0.05, 0) is 0 Å². The van der Waals surface area contributed by atoms with Crippen molar-refractivity contribution < 1.29 is 14.3 Å². The van der Waals surface area contributed by atoms with Crippen LogP contribution in [0.15, 0.2) is 22.9 Å². The Morgan fingerprint density at radius 1 is 1.67 bits per heavy atom. The zero-order chi connectivity index (χ0) is 10.8. The van der Waals surface area contributed by atoms with Crippen LogP contribution in [0.5, 0.6) is 0 Å². The lowest BCUT2D eigenvalue weighted by Crippen LogP contribution is -1.97. The molecule has 0 aliphatic carbocycles. The third kappa shape index (κ3) is 1.96. The Balaban J connectivity index is 2.14. The fourth-order valence-electron chi connectivity index (χ4n) is 1.02. The molecule has 0 spiro atoms. The van der Waals surface area contributed by atoms with E-state index in [-0.39, 0.29) is 11.7 Å². The number of hydrogen-bond acceptors (Lipinski definition) is 5. The predicted molar refractivity (Wildman–Crippen MR) is 50.0 cm³/mol. The number of aromatic carboxylic acids is 1. The van der Waals surface area contributed by atoms with Gasteiger partial charge in [-0.25, -0.2) is 4.79 Å². The van der Waals surface area contributed by atoms with Crippen molar-refractivity contribution in [2.75, 3.05) is 5.32 Å². The predicted octanol–water partition coefficient (Wildman–Crippen LogP) is 0.850. The molecule has 0 aliphatic heterocycles. The number of carboxylic acids is 1. The average Bonchev–Trinajstić information content (AvgIpc) is 2.76. The van der Waals surface area contributed by atoms with Crippen LogP contribution < -0.4 is 5.32 Å². The fourth-order valence-corrected chi connectivity index (χ4v) is 1.02. The van der Waals surface area contributed by atoms with Crippen molar-refractivity contribution in [3.63, 3.8) is 0 Å². The van der Waals surface area contributed by atoms with Gasteiger partial charge in [0.1, 0.15) is 6.26 Å². The van der Waals surface area contributed by atoms with E-state index in [4.69, 9.17) is 9.52 Å². The first-order valence-electron chi connectivity index (χ1n) is 4.10. The molecule has 0 radical (unpaired) electrons. The van der Waals surface area contributed by atoms with Gasteiger partial charge in [-0.3, -0.25) is 10.00 Å². The van der Waals surface area contributed by atoms with Gasteiger partial charge < -0.3 is 9.52 Å². The lowest BCUT2D eigenvalue weighted by molar-refractivity contribution is 0.0690. The minimum Gasteiger partial charge on any atom is -0.476 e. The highest BCUT2D eigenvalue weighted by Gasteiger charge is 2.10. The Hall–Kier alpha value is -2.31. The van der Waals surface area contributed by atoms with Crippen LogP contribution in [0.3, 0.4) is 0 Å². The Kier molecular flexibility index (Phi) is 2.13. The molecule has 0 saturated carbocycles. The Morgan fingerprint density at radius 2 is 2.47 bits per heavy atom. The summed E-state index contributed by atoms with van der Waals surface area (Å²) in [5, 5.41) is 15.3. The van der Waals surface area contributed by atoms with E-state index in [2.05, 4.69) is 15.4 Å². The number of aryl methyl sites for hydroxylation is 1. The highest BCUT2D eigenvalue weighted by molar-refractivity contribution is 5.85. The number of hydrogen-bond donors (Lipinski definition) is 2. The van der Waals surface area contributed by atoms with Crippen molar-refractivity contribution in [3.8, 4) is 0 Å². The van der Waals surface area contributed by atoms with Gasteiger partial charge in [0.05, 0.1) is 0 Å². The standard InChI is InChI=1S/C8H8N4O3/c1-12-3-2-6(11-12)10-8-9-5(4-15-8)7(13)14/h2-4H,1H3,(H,13,14)(H,9,10,11). The van der Waals surface area contributed by atoms with Gasteiger partial charge in [0.2, 0.25) is 0 Å². The molecule has 0 aliphatic rings. The van der Waals surface area contributed by atoms with Crippen LogP contribution in [-0.2, 0) is 7.05 Å². The molecule has 7 heteroatoms. The van der Waals surface area contributed by atoms with E-state index in [9.17, 15) is 4.79 Å². The maximum atomic E-state index is 10.5. The second-order valence-electron chi connectivity index (χ2n) is 2.84. The maximum absolute atomic E-state index is 10.5. The van der Waals surface area contributed by atoms with Gasteiger partial charge in [0, 0.05) is 19.3 Å². The van der Waals surface area contributed by atoms with Crippen molar-refractivity contribution in [2.45, 2.75) is 0 Å². The summed E-state index contributed by atoms with van der Waals surface area (Å²) in [7, 11) is 1.77. The highest BCUT2D eigenvalue weighted by atomic mass is 16.4. The average molecular weight is 208 g/mol. The summed E-state index contributed by atoms with van der Waals surface area (Å²) < 4.78 is 6.49. The molecule has 2 aromatic rings. The topological polar surface area (TPSA) is 93.2 Å². The van der Waals surface area contributed by atoms with Crippen LogP contribution in [0.25, 0.3) is 0 Å². The second kappa shape index (κ2) is 3.45. The molecular formula is C8H8N4O3. The van der Waals surface area contributed by atoms with E-state index in [1.807, 2.05) is 0 Å². The van der Waals surface area contributed by atoms with Crippen LogP contribution in [0.4, 0.5) is 11.8 Å². The SMILES string of the molecule is Cn1ccc(Nc2nc(C(=O)O)co2)n1. The normalized spacial score (nSPS) is 10.2. The van der Waals surface area contributed by atoms with E-state index in [1.165, 1.54) is 0 Å². The minimum atomic E-state index is -1.13. The third-order valence-electron chi connectivity index (χ3n) is 1.67. The summed E-state index contributed by atoms with van der Waals surface area (Å²) in [4.78, 5) is 14.2. The molecule has 0 unspecified atom stereocenters. The monoisotopic (exact) mass is 208 g/mol. The molecule has 2 N–H and O–H groups in total. The molecule has 2 heterocycles. The van der Waals surface area contributed by atoms with E-state index < -0.39 is 5.97 Å². The van der Waals surface area contributed by atoms with Crippen LogP contribution in [0.1, 0.15) is 10.5 Å². The molecule has 2 aromatic heterocycles. The van der Waals surface area contributed by atoms with Crippen LogP contribution >= 0.6 is 0 Å². The molecule has 0 aromatic carbocycles. The second-order valence-corrected chi connectivity index (χ2v) is 2.84. The van der Waals surface area contributed by atoms with E-state index in [0.29, 0.717) is 5.82 Å². The Bertz CT molecular complexity index is 488. The van der Waals surface area contributed by atoms with Crippen molar-refractivity contribution in [3.05, 3.63) is 24.2 Å². The van der Waals surface area contributed by atoms with Gasteiger partial charge in [-0.2, -0.15) is 10.1 Å². The van der Waals surface area contributed by atoms with Crippen LogP contribution in [-0.4, -0.2) is 25.8 Å². The molecule has 0 fully saturated rings. The summed E-state index contributed by atoms with van der Waals surface area (Å²) in [6, 6.07) is 1.82. The fraction of sp³-hybridized carbons (Fsp3) is 0.125. The largest absolute Gasteiger partial charge is 0.476 e. The van der Waals surface area contributed by atoms with Crippen molar-refractivity contribution in [2.24, 2.45) is 7.05 Å². The first-order chi connectivity index (χ1) is 7.15. The van der Waals surface area contributed by atoms with Crippen molar-refractivity contribution in [1.82, 2.24) is 14.8 Å². The van der Waals surface area contributed by atoms with Crippen molar-refractivity contribution >= 4 is 17.8 Å². The highest BCUT2D eigenvalue weighted by Crippen LogP contribution is 2.13. The molecule has 15 heavy (non-hydrogen) atoms. The number of aromatic nitrogens is 3. The van der Waals surface area contributed by atoms with Gasteiger partial charge in [-0.1, -0.05) is 0 Å². The lowest BCUT2D eigenvalue weighted by atomic mass is 10.5. The molecule has 0 atom stereocenters. The number of nitrogens with one attached hydrogen (secondary N) is 1. The third-order valence-corrected chi connectivity index (χ3v) is 1.67. The number of carbonyl (C=O) groups is 1. The number of nitrogens with zero attached hydrogens (tertiary/aromatic N) is 3. The van der Waals surface area contributed by atoms with Gasteiger partial charge >= 0.3 is 12.0 Å². The lowest BCUT2D eigenvalue weighted by Gasteiger charge is -1.93. The minimum absolute atomic E-state index is 0.103. The van der Waals surface area contributed by atoms with Crippen LogP contribution in [0, 0.1) is 0 Å². The van der Waals surface area contributed by atoms with Gasteiger partial charge in [0.15, 0.2) is 11.5 Å². The quantitative estimate of drug-likeness (QED) is 0.776. The molecule has 78 valence electrons. The van der Waals surface area contributed by atoms with Gasteiger partial charge in [0.25, 0.3) is 0 Å². The van der Waals surface area contributed by atoms with E-state index in [1.54, 1.807) is 24.0 Å². The number of carboxylic acid groups (broad SMARTS) is 1. The number of rotatable bonds is 3. The first-order valence-corrected chi connectivity index (χ1v) is 4.10. The Labute approximate surface area is 84.3 Å². The zero-order valence-corrected chi connectivity index (χ0v) is 7.84. The number of oxazole rings is 1. The molecule has 0 bridgehead atoms. The molecule has 0 saturated heterocycles. The molecule has 7 nitrogen and oxygen atoms in total. The smallest absolute Gasteiger partial charge is 0.357 e.